The van der Waals surface area contributed by atoms with Gasteiger partial charge in [-0.15, -0.1) is 12.4 Å². The number of fused-ring (bicyclic) bond motifs is 1. The van der Waals surface area contributed by atoms with Crippen LogP contribution in [0.4, 0.5) is 0 Å². The van der Waals surface area contributed by atoms with E-state index < -0.39 is 6.04 Å². The van der Waals surface area contributed by atoms with Crippen LogP contribution in [0.1, 0.15) is 63.6 Å². The summed E-state index contributed by atoms with van der Waals surface area (Å²) in [6, 6.07) is -0.450. The van der Waals surface area contributed by atoms with E-state index in [2.05, 4.69) is 18.9 Å². The lowest BCUT2D eigenvalue weighted by atomic mass is 9.99. The van der Waals surface area contributed by atoms with Crippen LogP contribution in [0.3, 0.4) is 0 Å². The Kier molecular flexibility index (Phi) is 5.12. The van der Waals surface area contributed by atoms with E-state index in [1.165, 1.54) is 12.8 Å². The summed E-state index contributed by atoms with van der Waals surface area (Å²) in [7, 11) is 0. The van der Waals surface area contributed by atoms with Crippen molar-refractivity contribution < 1.29 is 4.79 Å². The van der Waals surface area contributed by atoms with Crippen LogP contribution in [0, 0.1) is 5.92 Å². The topological polar surface area (TPSA) is 77.0 Å². The summed E-state index contributed by atoms with van der Waals surface area (Å²) in [5, 5.41) is 4.65. The number of halogens is 1. The normalized spacial score (nSPS) is 22.2. The van der Waals surface area contributed by atoms with Gasteiger partial charge < -0.3 is 10.6 Å². The predicted octanol–water partition coefficient (Wildman–Crippen LogP) is 1.85. The molecule has 6 nitrogen and oxygen atoms in total. The van der Waals surface area contributed by atoms with E-state index in [1.54, 1.807) is 6.92 Å². The molecule has 2 N–H and O–H groups in total. The lowest BCUT2D eigenvalue weighted by Crippen LogP contribution is -2.48. The minimum Gasteiger partial charge on any atom is -0.329 e. The van der Waals surface area contributed by atoms with Gasteiger partial charge in [-0.05, 0) is 32.1 Å². The average molecular weight is 328 g/mol. The number of hydrogen-bond acceptors (Lipinski definition) is 4. The third-order valence-electron chi connectivity index (χ3n) is 4.25. The first kappa shape index (κ1) is 17.2. The number of carbonyl (C=O) groups excluding carboxylic acids is 1. The zero-order chi connectivity index (χ0) is 15.1. The van der Waals surface area contributed by atoms with E-state index in [9.17, 15) is 4.79 Å². The standard InChI is InChI=1S/C15H25N5O.ClH/c1-9(2)8-12-14-17-13(11-4-5-11)18-20(14)7-6-19(12)15(21)10(3)16;/h9-12H,4-8,16H2,1-3H3;1H/t10-,12+;/m1./s1. The van der Waals surface area contributed by atoms with Gasteiger partial charge in [0.1, 0.15) is 5.82 Å². The van der Waals surface area contributed by atoms with E-state index in [0.29, 0.717) is 18.4 Å². The van der Waals surface area contributed by atoms with Crippen molar-refractivity contribution in [3.05, 3.63) is 11.6 Å². The molecule has 0 aromatic carbocycles. The van der Waals surface area contributed by atoms with Gasteiger partial charge >= 0.3 is 0 Å². The first-order valence-corrected chi connectivity index (χ1v) is 7.98. The van der Waals surface area contributed by atoms with Crippen LogP contribution in [0.25, 0.3) is 0 Å². The fourth-order valence-electron chi connectivity index (χ4n) is 3.00. The Bertz CT molecular complexity index is 538. The maximum atomic E-state index is 12.4. The van der Waals surface area contributed by atoms with Gasteiger partial charge in [-0.2, -0.15) is 5.10 Å². The molecule has 0 unspecified atom stereocenters. The van der Waals surface area contributed by atoms with Crippen LogP contribution >= 0.6 is 12.4 Å². The van der Waals surface area contributed by atoms with E-state index >= 15 is 0 Å². The molecule has 1 aromatic heterocycles. The first-order valence-electron chi connectivity index (χ1n) is 7.98. The summed E-state index contributed by atoms with van der Waals surface area (Å²) in [4.78, 5) is 19.1. The molecule has 1 saturated carbocycles. The van der Waals surface area contributed by atoms with Gasteiger partial charge in [0.2, 0.25) is 5.91 Å². The van der Waals surface area contributed by atoms with Gasteiger partial charge in [0, 0.05) is 12.5 Å². The molecule has 1 aromatic rings. The third kappa shape index (κ3) is 3.27. The molecular formula is C15H26ClN5O. The lowest BCUT2D eigenvalue weighted by Gasteiger charge is -2.37. The Hall–Kier alpha value is -1.14. The predicted molar refractivity (Wildman–Crippen MR) is 86.8 cm³/mol. The highest BCUT2D eigenvalue weighted by molar-refractivity contribution is 5.85. The highest BCUT2D eigenvalue weighted by Gasteiger charge is 2.37. The van der Waals surface area contributed by atoms with E-state index in [1.807, 2.05) is 9.58 Å². The number of carbonyl (C=O) groups is 1. The van der Waals surface area contributed by atoms with Crippen molar-refractivity contribution in [2.75, 3.05) is 6.54 Å². The summed E-state index contributed by atoms with van der Waals surface area (Å²) in [6.07, 6.45) is 3.29. The van der Waals surface area contributed by atoms with Gasteiger partial charge in [0.25, 0.3) is 0 Å². The zero-order valence-electron chi connectivity index (χ0n) is 13.5. The van der Waals surface area contributed by atoms with Crippen LogP contribution in [-0.4, -0.2) is 38.2 Å². The van der Waals surface area contributed by atoms with Crippen LogP contribution in [0.5, 0.6) is 0 Å². The summed E-state index contributed by atoms with van der Waals surface area (Å²) in [5.41, 5.74) is 5.81. The van der Waals surface area contributed by atoms with Crippen molar-refractivity contribution in [3.63, 3.8) is 0 Å². The van der Waals surface area contributed by atoms with Gasteiger partial charge in [-0.1, -0.05) is 13.8 Å². The van der Waals surface area contributed by atoms with Crippen LogP contribution in [0.2, 0.25) is 0 Å². The average Bonchev–Trinajstić information content (AvgIpc) is 3.17. The fourth-order valence-corrected chi connectivity index (χ4v) is 3.00. The number of aromatic nitrogens is 3. The molecule has 1 aliphatic heterocycles. The monoisotopic (exact) mass is 327 g/mol. The maximum absolute atomic E-state index is 12.4. The highest BCUT2D eigenvalue weighted by atomic mass is 35.5. The second-order valence-corrected chi connectivity index (χ2v) is 6.79. The number of hydrogen-bond donors (Lipinski definition) is 1. The fraction of sp³-hybridized carbons (Fsp3) is 0.800. The van der Waals surface area contributed by atoms with Crippen molar-refractivity contribution >= 4 is 18.3 Å². The maximum Gasteiger partial charge on any atom is 0.239 e. The molecule has 0 bridgehead atoms. The summed E-state index contributed by atoms with van der Waals surface area (Å²) in [5.74, 6) is 2.97. The van der Waals surface area contributed by atoms with Crippen molar-refractivity contribution in [2.24, 2.45) is 11.7 Å². The summed E-state index contributed by atoms with van der Waals surface area (Å²) in [6.45, 7) is 7.50. The Morgan fingerprint density at radius 1 is 1.32 bits per heavy atom. The molecule has 0 radical (unpaired) electrons. The Morgan fingerprint density at radius 2 is 2.00 bits per heavy atom. The SMILES string of the molecule is CC(C)C[C@H]1c2nc(C3CC3)nn2CCN1C(=O)[C@@H](C)N.Cl. The number of nitrogens with zero attached hydrogens (tertiary/aromatic N) is 4. The molecule has 2 aliphatic rings. The number of amides is 1. The molecule has 1 fully saturated rings. The quantitative estimate of drug-likeness (QED) is 0.915. The van der Waals surface area contributed by atoms with Crippen molar-refractivity contribution in [1.29, 1.82) is 0 Å². The van der Waals surface area contributed by atoms with Crippen LogP contribution < -0.4 is 5.73 Å². The molecule has 2 heterocycles. The molecular weight excluding hydrogens is 302 g/mol. The van der Waals surface area contributed by atoms with Gasteiger partial charge in [-0.3, -0.25) is 4.79 Å². The van der Waals surface area contributed by atoms with Crippen LogP contribution in [-0.2, 0) is 11.3 Å². The molecule has 1 amide bonds. The Labute approximate surface area is 137 Å². The number of nitrogens with two attached hydrogens (primary N) is 1. The summed E-state index contributed by atoms with van der Waals surface area (Å²) >= 11 is 0. The minimum atomic E-state index is -0.461. The molecule has 0 spiro atoms. The lowest BCUT2D eigenvalue weighted by molar-refractivity contribution is -0.136. The minimum absolute atomic E-state index is 0. The van der Waals surface area contributed by atoms with Crippen molar-refractivity contribution in [3.8, 4) is 0 Å². The van der Waals surface area contributed by atoms with E-state index in [0.717, 1.165) is 24.6 Å². The number of rotatable bonds is 4. The molecule has 2 atom stereocenters. The third-order valence-corrected chi connectivity index (χ3v) is 4.25. The summed E-state index contributed by atoms with van der Waals surface area (Å²) < 4.78 is 2.01. The second kappa shape index (κ2) is 6.54. The van der Waals surface area contributed by atoms with Crippen molar-refractivity contribution in [1.82, 2.24) is 19.7 Å². The molecule has 124 valence electrons. The molecule has 7 heteroatoms. The van der Waals surface area contributed by atoms with Gasteiger partial charge in [0.15, 0.2) is 5.82 Å². The molecule has 3 rings (SSSR count). The largest absolute Gasteiger partial charge is 0.329 e. The highest BCUT2D eigenvalue weighted by Crippen LogP contribution is 2.40. The molecule has 22 heavy (non-hydrogen) atoms. The van der Waals surface area contributed by atoms with Gasteiger partial charge in [-0.25, -0.2) is 9.67 Å². The molecule has 1 aliphatic carbocycles. The Balaban J connectivity index is 0.00000176. The second-order valence-electron chi connectivity index (χ2n) is 6.79. The zero-order valence-corrected chi connectivity index (χ0v) is 14.3. The van der Waals surface area contributed by atoms with E-state index in [4.69, 9.17) is 10.7 Å². The smallest absolute Gasteiger partial charge is 0.239 e. The van der Waals surface area contributed by atoms with Gasteiger partial charge in [0.05, 0.1) is 18.6 Å². The first-order chi connectivity index (χ1) is 9.97. The van der Waals surface area contributed by atoms with Crippen LogP contribution in [0.15, 0.2) is 0 Å². The Morgan fingerprint density at radius 3 is 2.55 bits per heavy atom. The van der Waals surface area contributed by atoms with Crippen molar-refractivity contribution in [2.45, 2.75) is 64.6 Å². The molecule has 0 saturated heterocycles. The van der Waals surface area contributed by atoms with E-state index in [-0.39, 0.29) is 24.4 Å².